The van der Waals surface area contributed by atoms with Crippen molar-refractivity contribution in [2.75, 3.05) is 29.4 Å². The van der Waals surface area contributed by atoms with Crippen molar-refractivity contribution in [3.8, 4) is 0 Å². The van der Waals surface area contributed by atoms with Gasteiger partial charge in [0.1, 0.15) is 0 Å². The van der Waals surface area contributed by atoms with Crippen LogP contribution in [0.2, 0.25) is 0 Å². The maximum Gasteiger partial charge on any atom is 0.415 e. The summed E-state index contributed by atoms with van der Waals surface area (Å²) in [4.78, 5) is 31.8. The highest BCUT2D eigenvalue weighted by Gasteiger charge is 2.55. The maximum absolute atomic E-state index is 13.9. The molecule has 5 aromatic rings. The summed E-state index contributed by atoms with van der Waals surface area (Å²) in [6.45, 7) is 5.27. The van der Waals surface area contributed by atoms with Crippen LogP contribution in [0.25, 0.3) is 10.8 Å². The van der Waals surface area contributed by atoms with E-state index >= 15 is 0 Å². The van der Waals surface area contributed by atoms with Gasteiger partial charge in [-0.15, -0.1) is 11.8 Å². The van der Waals surface area contributed by atoms with Crippen molar-refractivity contribution in [2.45, 2.75) is 126 Å². The van der Waals surface area contributed by atoms with Gasteiger partial charge in [0, 0.05) is 41.0 Å². The van der Waals surface area contributed by atoms with Crippen LogP contribution in [-0.4, -0.2) is 50.2 Å². The van der Waals surface area contributed by atoms with Gasteiger partial charge in [0.15, 0.2) is 5.41 Å². The number of nitrogens with zero attached hydrogens (tertiary/aromatic N) is 2. The van der Waals surface area contributed by atoms with E-state index in [-0.39, 0.29) is 13.4 Å². The molecule has 0 bridgehead atoms. The van der Waals surface area contributed by atoms with Crippen LogP contribution in [0.5, 0.6) is 0 Å². The van der Waals surface area contributed by atoms with E-state index in [1.54, 1.807) is 0 Å². The third-order valence-corrected chi connectivity index (χ3v) is 19.2. The van der Waals surface area contributed by atoms with Crippen molar-refractivity contribution in [2.24, 2.45) is 5.41 Å². The molecule has 1 aliphatic heterocycles. The molecular weight excluding hydrogens is 802 g/mol. The molecule has 3 aliphatic carbocycles. The van der Waals surface area contributed by atoms with Crippen molar-refractivity contribution >= 4 is 66.4 Å². The van der Waals surface area contributed by atoms with E-state index in [1.165, 1.54) is 133 Å². The molecule has 62 heavy (non-hydrogen) atoms. The number of benzene rings is 5. The van der Waals surface area contributed by atoms with Crippen LogP contribution in [-0.2, 0) is 44.9 Å². The van der Waals surface area contributed by atoms with Crippen LogP contribution in [0.1, 0.15) is 104 Å². The lowest BCUT2D eigenvalue weighted by atomic mass is 9.58. The predicted molar refractivity (Wildman–Crippen MR) is 260 cm³/mol. The zero-order chi connectivity index (χ0) is 42.8. The first-order valence-corrected chi connectivity index (χ1v) is 25.6. The Balaban J connectivity index is 1.30. The third-order valence-electron chi connectivity index (χ3n) is 14.7. The number of carbonyl (C=O) groups is 2. The Bertz CT molecular complexity index is 2360. The highest BCUT2D eigenvalue weighted by Crippen LogP contribution is 2.63. The fourth-order valence-corrected chi connectivity index (χ4v) is 16.6. The fraction of sp³-hybridized carbons (Fsp3) is 0.434. The minimum Gasteiger partial charge on any atom is -0.468 e. The van der Waals surface area contributed by atoms with Crippen molar-refractivity contribution in [1.29, 1.82) is 0 Å². The molecule has 322 valence electrons. The smallest absolute Gasteiger partial charge is 0.415 e. The van der Waals surface area contributed by atoms with Crippen LogP contribution >= 0.6 is 19.8 Å². The number of carbonyl (C=O) groups excluding carboxylic acids is 2. The van der Waals surface area contributed by atoms with Gasteiger partial charge in [-0.25, -0.2) is 0 Å². The lowest BCUT2D eigenvalue weighted by molar-refractivity contribution is -0.168. The van der Waals surface area contributed by atoms with Crippen molar-refractivity contribution in [1.82, 2.24) is 0 Å². The number of thioether (sulfide) groups is 1. The monoisotopic (exact) mass is 864 g/mol. The summed E-state index contributed by atoms with van der Waals surface area (Å²) in [5, 5.41) is 2.66. The molecule has 2 saturated carbocycles. The SMILES string of the molecule is COC(=O)C1(C(=O)OC)Cc2c(C)c(CCCSc3ccccc3)c(B3N(Cc4ccccc4)c4cccc5cccc(c45)N3P(C3CCCCC3)C3CCCCC3)c(C)c2C1. The standard InChI is InChI=1S/C53H62BN2O4PS/c1-37-44(30-19-33-62-43-28-15-8-16-29-43)50(38(2)46-35-53(34-45(37)46,51(57)59-3)52(58)60-4)54-55(36-39-20-9-5-10-21-39)47-31-17-22-40-23-18-32-48(49(40)47)56(54)61(41-24-11-6-12-25-41)42-26-13-7-14-27-42/h5,8-10,15-18,20-23,28-29,31-32,41-42H,6-7,11-14,19,24-27,30,33-36H2,1-4H3. The largest absolute Gasteiger partial charge is 0.468 e. The topological polar surface area (TPSA) is 59.1 Å². The molecule has 0 spiro atoms. The van der Waals surface area contributed by atoms with Crippen molar-refractivity contribution < 1.29 is 19.1 Å². The summed E-state index contributed by atoms with van der Waals surface area (Å²) in [7, 11) is 2.17. The van der Waals surface area contributed by atoms with E-state index in [2.05, 4.69) is 120 Å². The Kier molecular flexibility index (Phi) is 13.1. The van der Waals surface area contributed by atoms with Gasteiger partial charge in [0.05, 0.1) is 14.2 Å². The minimum atomic E-state index is -1.41. The van der Waals surface area contributed by atoms with E-state index in [0.717, 1.165) is 36.3 Å². The van der Waals surface area contributed by atoms with E-state index in [9.17, 15) is 9.59 Å². The first kappa shape index (κ1) is 43.0. The number of methoxy groups -OCH3 is 2. The van der Waals surface area contributed by atoms with E-state index in [4.69, 9.17) is 9.47 Å². The third kappa shape index (κ3) is 7.97. The number of hydrogen-bond acceptors (Lipinski definition) is 7. The van der Waals surface area contributed by atoms with Crippen LogP contribution in [0, 0.1) is 19.3 Å². The summed E-state index contributed by atoms with van der Waals surface area (Å²) in [6.07, 6.45) is 15.6. The first-order valence-electron chi connectivity index (χ1n) is 23.2. The number of anilines is 2. The Morgan fingerprint density at radius 2 is 1.27 bits per heavy atom. The summed E-state index contributed by atoms with van der Waals surface area (Å²) in [6, 6.07) is 35.8. The molecule has 0 radical (unpaired) electrons. The molecule has 0 amide bonds. The van der Waals surface area contributed by atoms with Crippen LogP contribution < -0.4 is 14.9 Å². The van der Waals surface area contributed by atoms with Gasteiger partial charge in [-0.3, -0.25) is 9.59 Å². The van der Waals surface area contributed by atoms with Gasteiger partial charge in [-0.2, -0.15) is 0 Å². The van der Waals surface area contributed by atoms with Gasteiger partial charge >= 0.3 is 18.9 Å². The minimum absolute atomic E-state index is 0.0855. The van der Waals surface area contributed by atoms with Crippen molar-refractivity contribution in [3.63, 3.8) is 0 Å². The van der Waals surface area contributed by atoms with Gasteiger partial charge < -0.3 is 18.9 Å². The molecule has 0 saturated heterocycles. The van der Waals surface area contributed by atoms with Gasteiger partial charge in [-0.1, -0.05) is 111 Å². The van der Waals surface area contributed by atoms with E-state index < -0.39 is 25.4 Å². The molecule has 0 atom stereocenters. The molecule has 0 N–H and O–H groups in total. The number of esters is 2. The molecule has 2 fully saturated rings. The Hall–Kier alpha value is -4.26. The molecule has 0 unspecified atom stereocenters. The van der Waals surface area contributed by atoms with Crippen LogP contribution in [0.3, 0.4) is 0 Å². The van der Waals surface area contributed by atoms with Gasteiger partial charge in [-0.05, 0) is 146 Å². The summed E-state index contributed by atoms with van der Waals surface area (Å²) >= 11 is 1.92. The van der Waals surface area contributed by atoms with E-state index in [1.807, 2.05) is 11.8 Å². The summed E-state index contributed by atoms with van der Waals surface area (Å²) < 4.78 is 13.9. The molecule has 9 heteroatoms. The lowest BCUT2D eigenvalue weighted by Gasteiger charge is -2.54. The Labute approximate surface area is 375 Å². The van der Waals surface area contributed by atoms with Crippen LogP contribution in [0.15, 0.2) is 102 Å². The summed E-state index contributed by atoms with van der Waals surface area (Å²) in [5.41, 5.74) is 11.3. The zero-order valence-corrected chi connectivity index (χ0v) is 38.9. The molecule has 4 aliphatic rings. The van der Waals surface area contributed by atoms with E-state index in [0.29, 0.717) is 17.7 Å². The van der Waals surface area contributed by atoms with Crippen LogP contribution in [0.4, 0.5) is 11.4 Å². The Morgan fingerprint density at radius 1 is 0.710 bits per heavy atom. The van der Waals surface area contributed by atoms with Crippen molar-refractivity contribution in [3.05, 3.63) is 130 Å². The average Bonchev–Trinajstić information content (AvgIpc) is 3.75. The molecule has 0 aromatic heterocycles. The molecule has 5 aromatic carbocycles. The summed E-state index contributed by atoms with van der Waals surface area (Å²) in [5.74, 6) is -0.0233. The molecule has 1 heterocycles. The second kappa shape index (κ2) is 18.8. The normalized spacial score (nSPS) is 17.7. The number of hydrogen-bond donors (Lipinski definition) is 0. The number of ether oxygens (including phenoxy) is 2. The highest BCUT2D eigenvalue weighted by molar-refractivity contribution is 7.99. The molecule has 6 nitrogen and oxygen atoms in total. The zero-order valence-electron chi connectivity index (χ0n) is 37.2. The van der Waals surface area contributed by atoms with Gasteiger partial charge in [0.25, 0.3) is 0 Å². The average molecular weight is 865 g/mol. The second-order valence-corrected chi connectivity index (χ2v) is 22.1. The fourth-order valence-electron chi connectivity index (χ4n) is 11.7. The second-order valence-electron chi connectivity index (χ2n) is 18.2. The number of fused-ring (bicyclic) bond motifs is 1. The highest BCUT2D eigenvalue weighted by atomic mass is 32.2. The quantitative estimate of drug-likeness (QED) is 0.0292. The predicted octanol–water partition coefficient (Wildman–Crippen LogP) is 11.9. The molecular formula is C53H62BN2O4PS. The first-order chi connectivity index (χ1) is 30.3. The molecule has 9 rings (SSSR count). The van der Waals surface area contributed by atoms with Gasteiger partial charge in [0.2, 0.25) is 0 Å². The number of rotatable bonds is 13. The maximum atomic E-state index is 13.9. The lowest BCUT2D eigenvalue weighted by Crippen LogP contribution is -2.63. The Morgan fingerprint density at radius 3 is 1.87 bits per heavy atom.